The summed E-state index contributed by atoms with van der Waals surface area (Å²) in [5.74, 6) is -0.166. The smallest absolute Gasteiger partial charge is 0.255 e. The SMILES string of the molecule is Cc1ccc(NC(=O)c2ccc(C)c(N(c3ccncc3)c3nccs3)c2)cc1Br. The van der Waals surface area contributed by atoms with Gasteiger partial charge in [-0.2, -0.15) is 0 Å². The summed E-state index contributed by atoms with van der Waals surface area (Å²) in [4.78, 5) is 23.6. The van der Waals surface area contributed by atoms with Gasteiger partial charge >= 0.3 is 0 Å². The summed E-state index contributed by atoms with van der Waals surface area (Å²) in [7, 11) is 0. The van der Waals surface area contributed by atoms with Gasteiger partial charge in [-0.15, -0.1) is 11.3 Å². The molecule has 0 saturated heterocycles. The molecule has 0 atom stereocenters. The summed E-state index contributed by atoms with van der Waals surface area (Å²) in [6.45, 7) is 4.03. The lowest BCUT2D eigenvalue weighted by atomic mass is 10.1. The highest BCUT2D eigenvalue weighted by Crippen LogP contribution is 2.37. The van der Waals surface area contributed by atoms with Crippen LogP contribution in [0.25, 0.3) is 0 Å². The van der Waals surface area contributed by atoms with Crippen molar-refractivity contribution in [2.45, 2.75) is 13.8 Å². The molecule has 0 spiro atoms. The third-order valence-corrected chi connectivity index (χ3v) is 6.28. The number of anilines is 4. The molecule has 150 valence electrons. The number of amides is 1. The van der Waals surface area contributed by atoms with Crippen molar-refractivity contribution >= 4 is 55.4 Å². The van der Waals surface area contributed by atoms with Gasteiger partial charge in [0.15, 0.2) is 5.13 Å². The van der Waals surface area contributed by atoms with E-state index in [0.29, 0.717) is 5.56 Å². The van der Waals surface area contributed by atoms with Gasteiger partial charge in [-0.25, -0.2) is 4.98 Å². The van der Waals surface area contributed by atoms with Gasteiger partial charge in [-0.3, -0.25) is 14.7 Å². The van der Waals surface area contributed by atoms with E-state index in [-0.39, 0.29) is 5.91 Å². The molecule has 0 unspecified atom stereocenters. The highest BCUT2D eigenvalue weighted by atomic mass is 79.9. The highest BCUT2D eigenvalue weighted by Gasteiger charge is 2.18. The maximum atomic E-state index is 13.0. The van der Waals surface area contributed by atoms with E-state index < -0.39 is 0 Å². The second kappa shape index (κ2) is 8.77. The van der Waals surface area contributed by atoms with Crippen LogP contribution in [-0.4, -0.2) is 15.9 Å². The van der Waals surface area contributed by atoms with Crippen molar-refractivity contribution < 1.29 is 4.79 Å². The average molecular weight is 479 g/mol. The van der Waals surface area contributed by atoms with Gasteiger partial charge < -0.3 is 5.32 Å². The molecule has 5 nitrogen and oxygen atoms in total. The van der Waals surface area contributed by atoms with Crippen molar-refractivity contribution in [1.82, 2.24) is 9.97 Å². The van der Waals surface area contributed by atoms with E-state index in [1.54, 1.807) is 18.6 Å². The minimum atomic E-state index is -0.166. The van der Waals surface area contributed by atoms with Gasteiger partial charge in [-0.05, 0) is 61.4 Å². The monoisotopic (exact) mass is 478 g/mol. The van der Waals surface area contributed by atoms with E-state index >= 15 is 0 Å². The number of pyridine rings is 1. The Bertz CT molecular complexity index is 1180. The summed E-state index contributed by atoms with van der Waals surface area (Å²) in [5, 5.41) is 5.73. The molecule has 0 saturated carbocycles. The van der Waals surface area contributed by atoms with E-state index in [4.69, 9.17) is 0 Å². The molecule has 0 bridgehead atoms. The highest BCUT2D eigenvalue weighted by molar-refractivity contribution is 9.10. The number of aromatic nitrogens is 2. The summed E-state index contributed by atoms with van der Waals surface area (Å²) in [6.07, 6.45) is 5.27. The largest absolute Gasteiger partial charge is 0.322 e. The summed E-state index contributed by atoms with van der Waals surface area (Å²) < 4.78 is 0.956. The standard InChI is InChI=1S/C23H19BrN4OS/c1-15-4-6-18(14-20(15)24)27-22(29)17-5-3-16(2)21(13-17)28(23-26-11-12-30-23)19-7-9-25-10-8-19/h3-14H,1-2H3,(H,27,29). The number of rotatable bonds is 5. The van der Waals surface area contributed by atoms with Crippen LogP contribution < -0.4 is 10.2 Å². The fourth-order valence-corrected chi connectivity index (χ4v) is 4.09. The Morgan fingerprint density at radius 1 is 1.00 bits per heavy atom. The number of hydrogen-bond donors (Lipinski definition) is 1. The zero-order valence-electron chi connectivity index (χ0n) is 16.5. The number of hydrogen-bond acceptors (Lipinski definition) is 5. The van der Waals surface area contributed by atoms with Crippen LogP contribution in [-0.2, 0) is 0 Å². The Morgan fingerprint density at radius 2 is 1.77 bits per heavy atom. The first-order valence-electron chi connectivity index (χ1n) is 9.31. The molecule has 0 aliphatic carbocycles. The molecule has 30 heavy (non-hydrogen) atoms. The minimum Gasteiger partial charge on any atom is -0.322 e. The third kappa shape index (κ3) is 4.27. The van der Waals surface area contributed by atoms with Crippen molar-refractivity contribution in [3.8, 4) is 0 Å². The zero-order valence-corrected chi connectivity index (χ0v) is 18.9. The summed E-state index contributed by atoms with van der Waals surface area (Å²) >= 11 is 5.05. The van der Waals surface area contributed by atoms with Crippen LogP contribution in [0.15, 0.2) is 77.0 Å². The molecule has 4 aromatic rings. The number of carbonyl (C=O) groups is 1. The van der Waals surface area contributed by atoms with Gasteiger partial charge in [0.1, 0.15) is 0 Å². The molecule has 4 rings (SSSR count). The van der Waals surface area contributed by atoms with Crippen molar-refractivity contribution in [2.24, 2.45) is 0 Å². The molecule has 0 fully saturated rings. The number of aryl methyl sites for hydroxylation is 2. The quantitative estimate of drug-likeness (QED) is 0.349. The number of thiazole rings is 1. The van der Waals surface area contributed by atoms with Gasteiger partial charge in [-0.1, -0.05) is 28.1 Å². The van der Waals surface area contributed by atoms with Gasteiger partial charge in [0.05, 0.1) is 11.4 Å². The molecule has 1 amide bonds. The summed E-state index contributed by atoms with van der Waals surface area (Å²) in [6, 6.07) is 15.3. The molecule has 1 N–H and O–H groups in total. The second-order valence-electron chi connectivity index (χ2n) is 6.77. The van der Waals surface area contributed by atoms with Crippen LogP contribution in [0, 0.1) is 13.8 Å². The first-order chi connectivity index (χ1) is 14.5. The number of halogens is 1. The Morgan fingerprint density at radius 3 is 2.47 bits per heavy atom. The average Bonchev–Trinajstić information content (AvgIpc) is 3.27. The number of benzene rings is 2. The lowest BCUT2D eigenvalue weighted by Gasteiger charge is -2.24. The van der Waals surface area contributed by atoms with Crippen molar-refractivity contribution in [3.63, 3.8) is 0 Å². The predicted molar refractivity (Wildman–Crippen MR) is 126 cm³/mol. The lowest BCUT2D eigenvalue weighted by Crippen LogP contribution is -2.15. The molecule has 0 aliphatic rings. The summed E-state index contributed by atoms with van der Waals surface area (Å²) in [5.41, 5.74) is 5.30. The number of nitrogens with zero attached hydrogens (tertiary/aromatic N) is 3. The van der Waals surface area contributed by atoms with E-state index in [0.717, 1.165) is 37.8 Å². The van der Waals surface area contributed by atoms with Crippen LogP contribution in [0.5, 0.6) is 0 Å². The fraction of sp³-hybridized carbons (Fsp3) is 0.0870. The van der Waals surface area contributed by atoms with Crippen LogP contribution in [0.4, 0.5) is 22.2 Å². The molecular weight excluding hydrogens is 460 g/mol. The third-order valence-electron chi connectivity index (χ3n) is 4.67. The van der Waals surface area contributed by atoms with Crippen LogP contribution >= 0.6 is 27.3 Å². The topological polar surface area (TPSA) is 58.1 Å². The normalized spacial score (nSPS) is 10.6. The Hall–Kier alpha value is -3.03. The molecule has 7 heteroatoms. The van der Waals surface area contributed by atoms with Crippen LogP contribution in [0.3, 0.4) is 0 Å². The van der Waals surface area contributed by atoms with E-state index in [9.17, 15) is 4.79 Å². The molecule has 0 aliphatic heterocycles. The Balaban J connectivity index is 1.71. The van der Waals surface area contributed by atoms with Gasteiger partial charge in [0.2, 0.25) is 0 Å². The van der Waals surface area contributed by atoms with Gasteiger partial charge in [0.25, 0.3) is 5.91 Å². The van der Waals surface area contributed by atoms with E-state index in [1.165, 1.54) is 11.3 Å². The fourth-order valence-electron chi connectivity index (χ4n) is 3.04. The molecule has 2 aromatic heterocycles. The van der Waals surface area contributed by atoms with Crippen LogP contribution in [0.2, 0.25) is 0 Å². The number of nitrogens with one attached hydrogen (secondary N) is 1. The van der Waals surface area contributed by atoms with Crippen molar-refractivity contribution in [2.75, 3.05) is 10.2 Å². The van der Waals surface area contributed by atoms with E-state index in [1.807, 2.05) is 72.7 Å². The van der Waals surface area contributed by atoms with Crippen molar-refractivity contribution in [3.05, 3.63) is 93.7 Å². The van der Waals surface area contributed by atoms with Gasteiger partial charge in [0, 0.05) is 39.7 Å². The zero-order chi connectivity index (χ0) is 21.1. The molecule has 0 radical (unpaired) electrons. The number of carbonyl (C=O) groups excluding carboxylic acids is 1. The maximum Gasteiger partial charge on any atom is 0.255 e. The first-order valence-corrected chi connectivity index (χ1v) is 11.0. The molecule has 2 aromatic carbocycles. The Kier molecular flexibility index (Phi) is 5.92. The van der Waals surface area contributed by atoms with E-state index in [2.05, 4.69) is 31.2 Å². The predicted octanol–water partition coefficient (Wildman–Crippen LogP) is 6.64. The van der Waals surface area contributed by atoms with Crippen molar-refractivity contribution in [1.29, 1.82) is 0 Å². The molecule has 2 heterocycles. The first kappa shape index (κ1) is 20.3. The maximum absolute atomic E-state index is 13.0. The second-order valence-corrected chi connectivity index (χ2v) is 8.50. The Labute approximate surface area is 187 Å². The molecular formula is C23H19BrN4OS. The minimum absolute atomic E-state index is 0.166. The van der Waals surface area contributed by atoms with Crippen LogP contribution in [0.1, 0.15) is 21.5 Å². The lowest BCUT2D eigenvalue weighted by molar-refractivity contribution is 0.102.